The van der Waals surface area contributed by atoms with Crippen LogP contribution in [0.1, 0.15) is 347 Å². The van der Waals surface area contributed by atoms with Gasteiger partial charge in [-0.25, -0.2) is 0 Å². The number of halogens is 2. The van der Waals surface area contributed by atoms with Crippen LogP contribution in [-0.2, 0) is 19.1 Å². The third kappa shape index (κ3) is 21.1. The fourth-order valence-corrected chi connectivity index (χ4v) is 25.5. The van der Waals surface area contributed by atoms with Crippen molar-refractivity contribution in [2.24, 2.45) is 92.7 Å². The molecule has 0 bridgehead atoms. The Morgan fingerprint density at radius 2 is 0.810 bits per heavy atom. The van der Waals surface area contributed by atoms with Crippen molar-refractivity contribution >= 4 is 55.1 Å². The molecule has 0 radical (unpaired) electrons. The first kappa shape index (κ1) is 82.2. The lowest BCUT2D eigenvalue weighted by atomic mass is 9.47. The van der Waals surface area contributed by atoms with E-state index in [1.807, 2.05) is 48.5 Å². The molecule has 9 heteroatoms. The number of esters is 2. The molecule has 105 heavy (non-hydrogen) atoms. The fraction of sp³-hybridized carbons (Fsp3) is 0.729. The Morgan fingerprint density at radius 3 is 1.19 bits per heavy atom. The van der Waals surface area contributed by atoms with Crippen molar-refractivity contribution in [2.75, 3.05) is 13.2 Å². The molecule has 2 aromatic carbocycles. The monoisotopic (exact) mass is 1580 g/mol. The van der Waals surface area contributed by atoms with E-state index in [-0.39, 0.29) is 24.1 Å². The lowest BCUT2D eigenvalue weighted by Gasteiger charge is -2.58. The first-order valence-electron chi connectivity index (χ1n) is 43.4. The van der Waals surface area contributed by atoms with Gasteiger partial charge in [0.1, 0.15) is 23.7 Å². The van der Waals surface area contributed by atoms with Gasteiger partial charge in [0.05, 0.1) is 31.9 Å². The quantitative estimate of drug-likeness (QED) is 0.0250. The van der Waals surface area contributed by atoms with E-state index in [4.69, 9.17) is 18.9 Å². The summed E-state index contributed by atoms with van der Waals surface area (Å²) < 4.78 is 26.5. The normalized spacial score (nSPS) is 30.0. The van der Waals surface area contributed by atoms with Crippen LogP contribution in [0.2, 0.25) is 0 Å². The molecule has 1 aromatic heterocycles. The highest BCUT2D eigenvalue weighted by Crippen LogP contribution is 2.69. The summed E-state index contributed by atoms with van der Waals surface area (Å²) in [6.45, 7) is 26.7. The summed E-state index contributed by atoms with van der Waals surface area (Å²) in [5.41, 5.74) is 6.75. The Kier molecular flexibility index (Phi) is 30.5. The van der Waals surface area contributed by atoms with Gasteiger partial charge in [0.2, 0.25) is 0 Å². The lowest BCUT2D eigenvalue weighted by Crippen LogP contribution is -2.51. The van der Waals surface area contributed by atoms with Crippen molar-refractivity contribution in [3.8, 4) is 35.2 Å². The van der Waals surface area contributed by atoms with Crippen LogP contribution in [0, 0.1) is 116 Å². The molecule has 578 valence electrons. The maximum atomic E-state index is 13.1. The molecule has 0 unspecified atom stereocenters. The number of benzene rings is 2. The summed E-state index contributed by atoms with van der Waals surface area (Å²) in [6.07, 6.45) is 53.3. The molecule has 6 saturated carbocycles. The van der Waals surface area contributed by atoms with Crippen molar-refractivity contribution in [1.82, 2.24) is 0 Å². The van der Waals surface area contributed by atoms with Crippen LogP contribution in [0.3, 0.4) is 0 Å². The number of carbonyl (C=O) groups excluding carboxylic acids is 2. The number of rotatable bonds is 36. The number of fused-ring (bicyclic) bond motifs is 10. The molecule has 16 atom stereocenters. The Labute approximate surface area is 659 Å². The molecule has 0 amide bonds. The number of allylic oxidation sites excluding steroid dienone is 2. The highest BCUT2D eigenvalue weighted by Gasteiger charge is 2.61. The summed E-state index contributed by atoms with van der Waals surface area (Å²) in [5, 5.41) is 0. The second-order valence-electron chi connectivity index (χ2n) is 37.1. The minimum atomic E-state index is 0.0225. The summed E-state index contributed by atoms with van der Waals surface area (Å²) >= 11 is 9.09. The Morgan fingerprint density at radius 1 is 0.438 bits per heavy atom. The number of unbranched alkanes of at least 4 members (excludes halogenated alkanes) is 14. The first-order chi connectivity index (χ1) is 50.6. The number of hydrogen-bond donors (Lipinski definition) is 0. The standard InChI is InChI=1S/C96H138Br2O6S/c1-67(2)29-27-31-69(5)81-49-51-83-79-47-41-73-65-77(55-59-93(73,7)85(79)57-61-95(81,83)9)103-89(99)33-23-19-15-11-13-17-21-25-63-101-75-43-35-71(36-44-75)39-53-87-91(97)92(98)88(105-87)54-40-72-37-45-76(46-38-72)102-64-26-22-18-14-12-16-20-24-34-90(100)104-78-56-60-94(8)74(66-78)42-48-80-84-52-50-82(70(6)32-28-30-68(3)4)96(84,10)62-58-86(80)94/h35-38,41-46,67-70,77-86H,11-34,47-52,55-66H2,1-10H3/t69-,70-,77+,78+,79+,80+,81-,82-,83+,84+,85+,86+,93+,94+,95-,96-/m1/s1. The van der Waals surface area contributed by atoms with Gasteiger partial charge in [-0.3, -0.25) is 9.59 Å². The Balaban J connectivity index is 0.484. The van der Waals surface area contributed by atoms with Crippen LogP contribution in [-0.4, -0.2) is 37.4 Å². The van der Waals surface area contributed by atoms with Gasteiger partial charge < -0.3 is 18.9 Å². The third-order valence-corrected chi connectivity index (χ3v) is 33.0. The third-order valence-electron chi connectivity index (χ3n) is 29.3. The maximum Gasteiger partial charge on any atom is 0.306 e. The van der Waals surface area contributed by atoms with Crippen molar-refractivity contribution in [2.45, 2.75) is 338 Å². The summed E-state index contributed by atoms with van der Waals surface area (Å²) in [6, 6.07) is 16.2. The lowest BCUT2D eigenvalue weighted by molar-refractivity contribution is -0.152. The van der Waals surface area contributed by atoms with E-state index >= 15 is 0 Å². The van der Waals surface area contributed by atoms with Crippen LogP contribution in [0.4, 0.5) is 0 Å². The van der Waals surface area contributed by atoms with Gasteiger partial charge in [0, 0.05) is 36.8 Å². The zero-order chi connectivity index (χ0) is 74.1. The summed E-state index contributed by atoms with van der Waals surface area (Å²) in [7, 11) is 0. The molecule has 6 fully saturated rings. The van der Waals surface area contributed by atoms with Crippen LogP contribution >= 0.6 is 43.2 Å². The molecule has 1 heterocycles. The van der Waals surface area contributed by atoms with Crippen molar-refractivity contribution in [3.63, 3.8) is 0 Å². The van der Waals surface area contributed by atoms with Crippen molar-refractivity contribution in [1.29, 1.82) is 0 Å². The van der Waals surface area contributed by atoms with Gasteiger partial charge in [-0.15, -0.1) is 11.3 Å². The van der Waals surface area contributed by atoms with Crippen molar-refractivity contribution < 1.29 is 28.5 Å². The molecule has 11 rings (SSSR count). The van der Waals surface area contributed by atoms with E-state index in [1.54, 1.807) is 22.5 Å². The molecule has 0 aliphatic heterocycles. The van der Waals surface area contributed by atoms with Gasteiger partial charge in [0.15, 0.2) is 0 Å². The molecule has 0 saturated heterocycles. The molecule has 3 aromatic rings. The topological polar surface area (TPSA) is 71.1 Å². The molecule has 0 spiro atoms. The van der Waals surface area contributed by atoms with Crippen LogP contribution < -0.4 is 9.47 Å². The zero-order valence-electron chi connectivity index (χ0n) is 67.2. The predicted octanol–water partition coefficient (Wildman–Crippen LogP) is 27.8. The van der Waals surface area contributed by atoms with Crippen LogP contribution in [0.5, 0.6) is 11.5 Å². The van der Waals surface area contributed by atoms with Crippen molar-refractivity contribution in [3.05, 3.63) is 102 Å². The van der Waals surface area contributed by atoms with Gasteiger partial charge >= 0.3 is 11.9 Å². The Hall–Kier alpha value is -3.76. The minimum absolute atomic E-state index is 0.0225. The van der Waals surface area contributed by atoms with E-state index < -0.39 is 0 Å². The van der Waals surface area contributed by atoms with E-state index in [2.05, 4.69) is 137 Å². The second-order valence-corrected chi connectivity index (χ2v) is 39.7. The number of carbonyl (C=O) groups is 2. The average Bonchev–Trinajstić information content (AvgIpc) is 1.68. The van der Waals surface area contributed by atoms with Gasteiger partial charge in [-0.2, -0.15) is 0 Å². The van der Waals surface area contributed by atoms with E-state index in [0.717, 1.165) is 189 Å². The predicted molar refractivity (Wildman–Crippen MR) is 445 cm³/mol. The average molecular weight is 1580 g/mol. The smallest absolute Gasteiger partial charge is 0.306 e. The van der Waals surface area contributed by atoms with Crippen LogP contribution in [0.15, 0.2) is 80.8 Å². The molecule has 8 aliphatic rings. The highest BCUT2D eigenvalue weighted by molar-refractivity contribution is 9.13. The molecule has 8 aliphatic carbocycles. The van der Waals surface area contributed by atoms with Gasteiger partial charge in [0.25, 0.3) is 0 Å². The van der Waals surface area contributed by atoms with E-state index in [1.165, 1.54) is 167 Å². The SMILES string of the molecule is CC(C)CCC[C@@H](C)[C@H]1CC[C@H]2[C@@H]3CC=C4C[C@@H](OC(=O)CCCCCCCCCCOc5ccc(C#Cc6sc(C#Cc7ccc(OCCCCCCCCCCC(=O)O[C@H]8CC[C@@]9(C)C(=CC[C@H]%10[C@@H]%11CC[C@H]([C@H](C)CCCC(C)C)[C@@]%11(C)CC[C@@H]%109)C8)cc7)c(Br)c6Br)cc5)CC[C@]4(C)[C@H]3CC[C@]12C. The molecule has 0 N–H and O–H groups in total. The second kappa shape index (κ2) is 38.9. The number of ether oxygens (including phenoxy) is 4. The largest absolute Gasteiger partial charge is 0.494 e. The van der Waals surface area contributed by atoms with E-state index in [9.17, 15) is 9.59 Å². The van der Waals surface area contributed by atoms with E-state index in [0.29, 0.717) is 47.7 Å². The molecular formula is C96H138Br2O6S. The fourth-order valence-electron chi connectivity index (χ4n) is 23.3. The molecular weight excluding hydrogens is 1440 g/mol. The van der Waals surface area contributed by atoms with Gasteiger partial charge in [-0.1, -0.05) is 220 Å². The Bertz CT molecular complexity index is 3240. The summed E-state index contributed by atoms with van der Waals surface area (Å²) in [4.78, 5) is 28.0. The summed E-state index contributed by atoms with van der Waals surface area (Å²) in [5.74, 6) is 25.4. The minimum Gasteiger partial charge on any atom is -0.494 e. The zero-order valence-corrected chi connectivity index (χ0v) is 71.2. The maximum absolute atomic E-state index is 13.1. The van der Waals surface area contributed by atoms with Gasteiger partial charge in [-0.05, 0) is 300 Å². The number of thiophene rings is 1. The highest BCUT2D eigenvalue weighted by atomic mass is 79.9. The molecule has 6 nitrogen and oxygen atoms in total. The first-order valence-corrected chi connectivity index (χ1v) is 45.8. The van der Waals surface area contributed by atoms with Crippen LogP contribution in [0.25, 0.3) is 0 Å². The number of hydrogen-bond acceptors (Lipinski definition) is 7.